The summed E-state index contributed by atoms with van der Waals surface area (Å²) in [5.74, 6) is 3.30. The van der Waals surface area contributed by atoms with E-state index < -0.39 is 0 Å². The summed E-state index contributed by atoms with van der Waals surface area (Å²) in [4.78, 5) is 18.5. The van der Waals surface area contributed by atoms with Gasteiger partial charge in [0.25, 0.3) is 0 Å². The van der Waals surface area contributed by atoms with Gasteiger partial charge in [-0.05, 0) is 29.8 Å². The van der Waals surface area contributed by atoms with E-state index in [2.05, 4.69) is 36.9 Å². The van der Waals surface area contributed by atoms with Crippen molar-refractivity contribution in [2.45, 2.75) is 6.54 Å². The third-order valence-electron chi connectivity index (χ3n) is 6.17. The number of rotatable bonds is 5. The van der Waals surface area contributed by atoms with Crippen LogP contribution >= 0.6 is 0 Å². The number of hydrogen-bond donors (Lipinski definition) is 0. The van der Waals surface area contributed by atoms with Gasteiger partial charge in [-0.25, -0.2) is 15.0 Å². The van der Waals surface area contributed by atoms with Crippen molar-refractivity contribution in [3.8, 4) is 22.9 Å². The lowest BCUT2D eigenvalue weighted by Gasteiger charge is -2.35. The van der Waals surface area contributed by atoms with Gasteiger partial charge in [0.05, 0.1) is 12.8 Å². The Morgan fingerprint density at radius 2 is 1.79 bits per heavy atom. The van der Waals surface area contributed by atoms with Crippen LogP contribution in [0.15, 0.2) is 55.1 Å². The molecule has 2 aliphatic rings. The Balaban J connectivity index is 1.20. The fourth-order valence-corrected chi connectivity index (χ4v) is 4.47. The molecule has 0 saturated carbocycles. The van der Waals surface area contributed by atoms with Crippen molar-refractivity contribution < 1.29 is 14.2 Å². The minimum Gasteiger partial charge on any atom is -0.495 e. The molecule has 0 atom stereocenters. The van der Waals surface area contributed by atoms with E-state index in [9.17, 15) is 0 Å². The van der Waals surface area contributed by atoms with Crippen LogP contribution < -0.4 is 19.1 Å². The fraction of sp³-hybridized carbons (Fsp3) is 0.292. The van der Waals surface area contributed by atoms with E-state index in [-0.39, 0.29) is 0 Å². The summed E-state index contributed by atoms with van der Waals surface area (Å²) in [6.45, 7) is 4.81. The Kier molecular flexibility index (Phi) is 4.95. The zero-order valence-corrected chi connectivity index (χ0v) is 18.3. The van der Waals surface area contributed by atoms with E-state index in [1.165, 1.54) is 5.56 Å². The van der Waals surface area contributed by atoms with Crippen LogP contribution in [0.5, 0.6) is 17.2 Å². The van der Waals surface area contributed by atoms with Crippen LogP contribution in [-0.2, 0) is 6.54 Å². The molecular formula is C24H24N6O3. The number of fused-ring (bicyclic) bond motifs is 2. The molecule has 0 aliphatic carbocycles. The maximum Gasteiger partial charge on any atom is 0.231 e. The lowest BCUT2D eigenvalue weighted by molar-refractivity contribution is 0.174. The number of hydrogen-bond acceptors (Lipinski definition) is 8. The van der Waals surface area contributed by atoms with Crippen LogP contribution in [0.2, 0.25) is 0 Å². The molecule has 0 N–H and O–H groups in total. The van der Waals surface area contributed by atoms with Gasteiger partial charge in [0, 0.05) is 32.7 Å². The first-order valence-electron chi connectivity index (χ1n) is 11.0. The molecule has 2 aliphatic heterocycles. The Labute approximate surface area is 191 Å². The van der Waals surface area contributed by atoms with Crippen LogP contribution in [0.25, 0.3) is 16.9 Å². The highest BCUT2D eigenvalue weighted by molar-refractivity contribution is 5.85. The molecule has 2 aromatic heterocycles. The number of imidazole rings is 1. The van der Waals surface area contributed by atoms with Gasteiger partial charge in [0.2, 0.25) is 6.79 Å². The fourth-order valence-electron chi connectivity index (χ4n) is 4.47. The number of anilines is 1. The number of ether oxygens (including phenoxy) is 3. The van der Waals surface area contributed by atoms with Crippen molar-refractivity contribution in [1.82, 2.24) is 24.4 Å². The van der Waals surface area contributed by atoms with E-state index >= 15 is 0 Å². The van der Waals surface area contributed by atoms with Crippen molar-refractivity contribution in [2.75, 3.05) is 45.0 Å². The van der Waals surface area contributed by atoms with E-state index in [4.69, 9.17) is 14.2 Å². The average molecular weight is 444 g/mol. The second kappa shape index (κ2) is 8.25. The van der Waals surface area contributed by atoms with Crippen LogP contribution in [-0.4, -0.2) is 64.5 Å². The molecule has 6 rings (SSSR count). The van der Waals surface area contributed by atoms with Gasteiger partial charge < -0.3 is 19.1 Å². The Morgan fingerprint density at radius 3 is 2.67 bits per heavy atom. The molecule has 0 amide bonds. The highest BCUT2D eigenvalue weighted by atomic mass is 16.7. The first-order valence-corrected chi connectivity index (χ1v) is 11.0. The number of methoxy groups -OCH3 is 1. The summed E-state index contributed by atoms with van der Waals surface area (Å²) in [6.07, 6.45) is 3.40. The van der Waals surface area contributed by atoms with Crippen LogP contribution in [0, 0.1) is 0 Å². The minimum atomic E-state index is 0.303. The third-order valence-corrected chi connectivity index (χ3v) is 6.17. The molecule has 0 unspecified atom stereocenters. The zero-order valence-electron chi connectivity index (χ0n) is 18.3. The van der Waals surface area contributed by atoms with Gasteiger partial charge in [-0.1, -0.05) is 18.2 Å². The second-order valence-electron chi connectivity index (χ2n) is 8.11. The van der Waals surface area contributed by atoms with Crippen molar-refractivity contribution >= 4 is 17.0 Å². The second-order valence-corrected chi connectivity index (χ2v) is 8.11. The first kappa shape index (κ1) is 19.8. The maximum atomic E-state index is 5.53. The summed E-state index contributed by atoms with van der Waals surface area (Å²) in [6, 6.07) is 14.0. The summed E-state index contributed by atoms with van der Waals surface area (Å²) >= 11 is 0. The summed E-state index contributed by atoms with van der Waals surface area (Å²) in [7, 11) is 1.67. The van der Waals surface area contributed by atoms with Crippen LogP contribution in [0.1, 0.15) is 5.56 Å². The SMILES string of the molecule is COc1ccccc1-n1cnc2c(N3CCN(Cc4ccc5c(c4)OCO5)CC3)ncnc21. The van der Waals surface area contributed by atoms with Gasteiger partial charge in [0.15, 0.2) is 28.5 Å². The highest BCUT2D eigenvalue weighted by Gasteiger charge is 2.23. The number of para-hydroxylation sites is 2. The third kappa shape index (κ3) is 3.60. The van der Waals surface area contributed by atoms with Gasteiger partial charge in [-0.3, -0.25) is 9.47 Å². The lowest BCUT2D eigenvalue weighted by Crippen LogP contribution is -2.46. The predicted octanol–water partition coefficient (Wildman–Crippen LogP) is 2.88. The molecule has 1 saturated heterocycles. The monoisotopic (exact) mass is 444 g/mol. The average Bonchev–Trinajstić information content (AvgIpc) is 3.51. The number of piperazine rings is 1. The molecule has 0 bridgehead atoms. The Hall–Kier alpha value is -3.85. The molecule has 33 heavy (non-hydrogen) atoms. The standard InChI is InChI=1S/C24H24N6O3/c1-31-19-5-3-2-4-18(19)30-15-27-22-23(25-14-26-24(22)30)29-10-8-28(9-11-29)13-17-6-7-20-21(12-17)33-16-32-20/h2-7,12,14-15H,8-11,13,16H2,1H3. The first-order chi connectivity index (χ1) is 16.3. The Morgan fingerprint density at radius 1 is 0.939 bits per heavy atom. The molecule has 0 spiro atoms. The van der Waals surface area contributed by atoms with E-state index in [1.54, 1.807) is 19.8 Å². The van der Waals surface area contributed by atoms with Gasteiger partial charge in [-0.15, -0.1) is 0 Å². The van der Waals surface area contributed by atoms with Crippen molar-refractivity contribution in [3.63, 3.8) is 0 Å². The van der Waals surface area contributed by atoms with E-state index in [0.29, 0.717) is 6.79 Å². The van der Waals surface area contributed by atoms with E-state index in [0.717, 1.165) is 72.6 Å². The Bertz CT molecular complexity index is 1300. The summed E-state index contributed by atoms with van der Waals surface area (Å²) in [5, 5.41) is 0. The number of aromatic nitrogens is 4. The minimum absolute atomic E-state index is 0.303. The predicted molar refractivity (Wildman–Crippen MR) is 123 cm³/mol. The molecule has 9 heteroatoms. The normalized spacial score (nSPS) is 15.8. The molecule has 1 fully saturated rings. The largest absolute Gasteiger partial charge is 0.495 e. The molecule has 168 valence electrons. The molecular weight excluding hydrogens is 420 g/mol. The van der Waals surface area contributed by atoms with Crippen molar-refractivity contribution in [3.05, 3.63) is 60.7 Å². The van der Waals surface area contributed by atoms with E-state index in [1.807, 2.05) is 34.9 Å². The summed E-state index contributed by atoms with van der Waals surface area (Å²) < 4.78 is 18.4. The quantitative estimate of drug-likeness (QED) is 0.465. The smallest absolute Gasteiger partial charge is 0.231 e. The number of nitrogens with zero attached hydrogens (tertiary/aromatic N) is 6. The van der Waals surface area contributed by atoms with Crippen molar-refractivity contribution in [2.24, 2.45) is 0 Å². The number of benzene rings is 2. The zero-order chi connectivity index (χ0) is 22.2. The summed E-state index contributed by atoms with van der Waals surface area (Å²) in [5.41, 5.74) is 3.70. The van der Waals surface area contributed by atoms with Gasteiger partial charge in [-0.2, -0.15) is 0 Å². The van der Waals surface area contributed by atoms with Crippen LogP contribution in [0.4, 0.5) is 5.82 Å². The highest BCUT2D eigenvalue weighted by Crippen LogP contribution is 2.33. The van der Waals surface area contributed by atoms with Crippen molar-refractivity contribution in [1.29, 1.82) is 0 Å². The van der Waals surface area contributed by atoms with Gasteiger partial charge >= 0.3 is 0 Å². The maximum absolute atomic E-state index is 5.53. The topological polar surface area (TPSA) is 77.8 Å². The van der Waals surface area contributed by atoms with Gasteiger partial charge in [0.1, 0.15) is 18.4 Å². The molecule has 2 aromatic carbocycles. The lowest BCUT2D eigenvalue weighted by atomic mass is 10.1. The molecule has 4 heterocycles. The van der Waals surface area contributed by atoms with Crippen LogP contribution in [0.3, 0.4) is 0 Å². The molecule has 0 radical (unpaired) electrons. The molecule has 9 nitrogen and oxygen atoms in total. The molecule has 4 aromatic rings.